The van der Waals surface area contributed by atoms with Crippen LogP contribution >= 0.6 is 0 Å². The molecule has 0 saturated carbocycles. The Balaban J connectivity index is 1.49. The van der Waals surface area contributed by atoms with E-state index < -0.39 is 0 Å². The van der Waals surface area contributed by atoms with Gasteiger partial charge in [-0.3, -0.25) is 4.79 Å². The lowest BCUT2D eigenvalue weighted by atomic mass is 10.1. The molecule has 0 spiro atoms. The summed E-state index contributed by atoms with van der Waals surface area (Å²) in [6.07, 6.45) is 0.168. The molecule has 1 amide bonds. The molecule has 0 aliphatic heterocycles. The van der Waals surface area contributed by atoms with Gasteiger partial charge in [0.2, 0.25) is 5.91 Å². The fourth-order valence-electron chi connectivity index (χ4n) is 2.80. The van der Waals surface area contributed by atoms with E-state index in [0.717, 1.165) is 22.1 Å². The van der Waals surface area contributed by atoms with Gasteiger partial charge < -0.3 is 14.3 Å². The summed E-state index contributed by atoms with van der Waals surface area (Å²) in [4.78, 5) is 12.3. The van der Waals surface area contributed by atoms with Gasteiger partial charge in [0.15, 0.2) is 5.58 Å². The van der Waals surface area contributed by atoms with E-state index >= 15 is 0 Å². The van der Waals surface area contributed by atoms with Crippen molar-refractivity contribution in [3.8, 4) is 0 Å². The highest BCUT2D eigenvalue weighted by Crippen LogP contribution is 2.24. The number of aromatic nitrogens is 1. The second-order valence-electron chi connectivity index (χ2n) is 5.78. The first-order valence-corrected chi connectivity index (χ1v) is 7.82. The predicted molar refractivity (Wildman–Crippen MR) is 90.5 cm³/mol. The Morgan fingerprint density at radius 1 is 1.12 bits per heavy atom. The standard InChI is InChI=1S/C19H16N2O3/c1-12(18-10-13-6-2-4-8-16(13)23-18)20-19(22)11-15-14-7-3-5-9-17(14)24-21-15/h2-10,12H,11H2,1H3,(H,20,22). The van der Waals surface area contributed by atoms with Crippen molar-refractivity contribution < 1.29 is 13.7 Å². The van der Waals surface area contributed by atoms with Crippen LogP contribution in [0.15, 0.2) is 63.5 Å². The maximum absolute atomic E-state index is 12.3. The van der Waals surface area contributed by atoms with E-state index in [9.17, 15) is 4.79 Å². The lowest BCUT2D eigenvalue weighted by molar-refractivity contribution is -0.121. The minimum Gasteiger partial charge on any atom is -0.459 e. The zero-order chi connectivity index (χ0) is 16.5. The molecule has 1 atom stereocenters. The number of hydrogen-bond acceptors (Lipinski definition) is 4. The summed E-state index contributed by atoms with van der Waals surface area (Å²) >= 11 is 0. The van der Waals surface area contributed by atoms with Crippen LogP contribution in [0.1, 0.15) is 24.4 Å². The molecule has 2 aromatic heterocycles. The van der Waals surface area contributed by atoms with E-state index in [4.69, 9.17) is 8.94 Å². The van der Waals surface area contributed by atoms with Crippen LogP contribution in [-0.2, 0) is 11.2 Å². The number of carbonyl (C=O) groups is 1. The van der Waals surface area contributed by atoms with Crippen molar-refractivity contribution in [2.75, 3.05) is 0 Å². The predicted octanol–water partition coefficient (Wildman–Crippen LogP) is 3.99. The van der Waals surface area contributed by atoms with Crippen molar-refractivity contribution in [3.63, 3.8) is 0 Å². The number of benzene rings is 2. The number of nitrogens with zero attached hydrogens (tertiary/aromatic N) is 1. The van der Waals surface area contributed by atoms with Crippen LogP contribution in [0.25, 0.3) is 21.9 Å². The van der Waals surface area contributed by atoms with E-state index in [-0.39, 0.29) is 18.4 Å². The largest absolute Gasteiger partial charge is 0.459 e. The molecule has 4 rings (SSSR count). The Bertz CT molecular complexity index is 982. The fraction of sp³-hybridized carbons (Fsp3) is 0.158. The molecular weight excluding hydrogens is 304 g/mol. The molecule has 0 bridgehead atoms. The van der Waals surface area contributed by atoms with Crippen molar-refractivity contribution in [2.45, 2.75) is 19.4 Å². The SMILES string of the molecule is CC(NC(=O)Cc1noc2ccccc12)c1cc2ccccc2o1. The molecule has 1 unspecified atom stereocenters. The van der Waals surface area contributed by atoms with Gasteiger partial charge in [-0.2, -0.15) is 0 Å². The van der Waals surface area contributed by atoms with Gasteiger partial charge in [0, 0.05) is 10.8 Å². The van der Waals surface area contributed by atoms with Gasteiger partial charge in [0.25, 0.3) is 0 Å². The molecule has 120 valence electrons. The molecule has 0 radical (unpaired) electrons. The number of nitrogens with one attached hydrogen (secondary N) is 1. The second-order valence-corrected chi connectivity index (χ2v) is 5.78. The number of furan rings is 1. The summed E-state index contributed by atoms with van der Waals surface area (Å²) in [6.45, 7) is 1.90. The molecule has 0 fully saturated rings. The average molecular weight is 320 g/mol. The van der Waals surface area contributed by atoms with Crippen LogP contribution in [0.2, 0.25) is 0 Å². The Labute approximate surface area is 138 Å². The van der Waals surface area contributed by atoms with Gasteiger partial charge in [-0.25, -0.2) is 0 Å². The first-order valence-electron chi connectivity index (χ1n) is 7.82. The van der Waals surface area contributed by atoms with Crippen LogP contribution in [0.4, 0.5) is 0 Å². The monoisotopic (exact) mass is 320 g/mol. The molecule has 24 heavy (non-hydrogen) atoms. The molecule has 2 aromatic carbocycles. The average Bonchev–Trinajstić information content (AvgIpc) is 3.19. The molecule has 1 N–H and O–H groups in total. The number of carbonyl (C=O) groups excluding carboxylic acids is 1. The molecule has 0 saturated heterocycles. The minimum atomic E-state index is -0.219. The normalized spacial score (nSPS) is 12.5. The van der Waals surface area contributed by atoms with Crippen molar-refractivity contribution in [1.29, 1.82) is 0 Å². The Morgan fingerprint density at radius 3 is 2.71 bits per heavy atom. The van der Waals surface area contributed by atoms with E-state index in [1.807, 2.05) is 61.5 Å². The van der Waals surface area contributed by atoms with Gasteiger partial charge in [-0.1, -0.05) is 35.5 Å². The van der Waals surface area contributed by atoms with Crippen molar-refractivity contribution in [3.05, 3.63) is 66.1 Å². The van der Waals surface area contributed by atoms with Crippen molar-refractivity contribution in [1.82, 2.24) is 10.5 Å². The Morgan fingerprint density at radius 2 is 1.88 bits per heavy atom. The smallest absolute Gasteiger partial charge is 0.226 e. The number of amides is 1. The highest BCUT2D eigenvalue weighted by atomic mass is 16.5. The van der Waals surface area contributed by atoms with E-state index in [1.54, 1.807) is 0 Å². The Kier molecular flexibility index (Phi) is 3.54. The third-order valence-corrected chi connectivity index (χ3v) is 4.03. The zero-order valence-electron chi connectivity index (χ0n) is 13.2. The topological polar surface area (TPSA) is 68.3 Å². The van der Waals surface area contributed by atoms with Crippen LogP contribution in [0.3, 0.4) is 0 Å². The first-order chi connectivity index (χ1) is 11.7. The quantitative estimate of drug-likeness (QED) is 0.617. The fourth-order valence-corrected chi connectivity index (χ4v) is 2.80. The van der Waals surface area contributed by atoms with Crippen molar-refractivity contribution >= 4 is 27.8 Å². The van der Waals surface area contributed by atoms with E-state index in [2.05, 4.69) is 10.5 Å². The maximum atomic E-state index is 12.3. The van der Waals surface area contributed by atoms with Crippen molar-refractivity contribution in [2.24, 2.45) is 0 Å². The minimum absolute atomic E-state index is 0.123. The van der Waals surface area contributed by atoms with Crippen LogP contribution in [0.5, 0.6) is 0 Å². The van der Waals surface area contributed by atoms with Crippen LogP contribution in [-0.4, -0.2) is 11.1 Å². The third-order valence-electron chi connectivity index (χ3n) is 4.03. The molecule has 5 heteroatoms. The first kappa shape index (κ1) is 14.5. The number of hydrogen-bond donors (Lipinski definition) is 1. The summed E-state index contributed by atoms with van der Waals surface area (Å²) in [5.74, 6) is 0.608. The molecule has 5 nitrogen and oxygen atoms in total. The molecule has 2 heterocycles. The van der Waals surface area contributed by atoms with Gasteiger partial charge >= 0.3 is 0 Å². The molecule has 0 aliphatic carbocycles. The lowest BCUT2D eigenvalue weighted by Crippen LogP contribution is -2.28. The number of rotatable bonds is 4. The number of fused-ring (bicyclic) bond motifs is 2. The van der Waals surface area contributed by atoms with Crippen LogP contribution < -0.4 is 5.32 Å². The summed E-state index contributed by atoms with van der Waals surface area (Å²) in [5.41, 5.74) is 2.14. The van der Waals surface area contributed by atoms with Crippen LogP contribution in [0, 0.1) is 0 Å². The Hall–Kier alpha value is -3.08. The summed E-state index contributed by atoms with van der Waals surface area (Å²) in [5, 5.41) is 8.83. The van der Waals surface area contributed by atoms with E-state index in [0.29, 0.717) is 11.3 Å². The van der Waals surface area contributed by atoms with Gasteiger partial charge in [0.1, 0.15) is 17.0 Å². The highest BCUT2D eigenvalue weighted by molar-refractivity contribution is 5.86. The van der Waals surface area contributed by atoms with Gasteiger partial charge in [-0.15, -0.1) is 0 Å². The molecule has 4 aromatic rings. The maximum Gasteiger partial charge on any atom is 0.226 e. The van der Waals surface area contributed by atoms with Gasteiger partial charge in [-0.05, 0) is 31.2 Å². The van der Waals surface area contributed by atoms with E-state index in [1.165, 1.54) is 0 Å². The molecular formula is C19H16N2O3. The number of para-hydroxylation sites is 2. The highest BCUT2D eigenvalue weighted by Gasteiger charge is 2.17. The molecule has 0 aliphatic rings. The second kappa shape index (κ2) is 5.85. The third kappa shape index (κ3) is 2.65. The summed E-state index contributed by atoms with van der Waals surface area (Å²) in [7, 11) is 0. The van der Waals surface area contributed by atoms with Gasteiger partial charge in [0.05, 0.1) is 12.5 Å². The lowest BCUT2D eigenvalue weighted by Gasteiger charge is -2.10. The summed E-state index contributed by atoms with van der Waals surface area (Å²) < 4.78 is 11.0. The summed E-state index contributed by atoms with van der Waals surface area (Å²) in [6, 6.07) is 17.0. The zero-order valence-corrected chi connectivity index (χ0v) is 13.2.